The second kappa shape index (κ2) is 4.42. The maximum atomic E-state index is 10.9. The summed E-state index contributed by atoms with van der Waals surface area (Å²) in [7, 11) is 0. The number of benzene rings is 1. The highest BCUT2D eigenvalue weighted by atomic mass is 16.1. The lowest BCUT2D eigenvalue weighted by Gasteiger charge is -2.03. The van der Waals surface area contributed by atoms with Crippen LogP contribution in [0.1, 0.15) is 5.56 Å². The van der Waals surface area contributed by atoms with Crippen LogP contribution in [-0.2, 0) is 11.3 Å². The first-order valence-corrected chi connectivity index (χ1v) is 3.98. The Morgan fingerprint density at radius 1 is 1.62 bits per heavy atom. The van der Waals surface area contributed by atoms with E-state index in [2.05, 4.69) is 11.9 Å². The molecule has 0 atom stereocenters. The fraction of sp³-hybridized carbons (Fsp3) is 0.100. The van der Waals surface area contributed by atoms with Gasteiger partial charge in [-0.05, 0) is 23.8 Å². The van der Waals surface area contributed by atoms with Crippen LogP contribution in [0.25, 0.3) is 0 Å². The number of anilines is 1. The van der Waals surface area contributed by atoms with E-state index in [0.29, 0.717) is 6.54 Å². The topological polar surface area (TPSA) is 55.1 Å². The van der Waals surface area contributed by atoms with Crippen molar-refractivity contribution in [2.24, 2.45) is 5.73 Å². The Morgan fingerprint density at radius 2 is 2.38 bits per heavy atom. The zero-order valence-electron chi connectivity index (χ0n) is 7.29. The Bertz CT molecular complexity index is 320. The Labute approximate surface area is 77.3 Å². The molecule has 0 saturated carbocycles. The lowest BCUT2D eigenvalue weighted by molar-refractivity contribution is -0.111. The van der Waals surface area contributed by atoms with E-state index in [0.717, 1.165) is 11.3 Å². The zero-order chi connectivity index (χ0) is 9.68. The first kappa shape index (κ1) is 9.48. The van der Waals surface area contributed by atoms with Gasteiger partial charge in [-0.25, -0.2) is 0 Å². The highest BCUT2D eigenvalue weighted by Crippen LogP contribution is 2.09. The molecule has 1 aromatic carbocycles. The third-order valence-electron chi connectivity index (χ3n) is 1.62. The summed E-state index contributed by atoms with van der Waals surface area (Å²) in [6.07, 6.45) is 1.23. The van der Waals surface area contributed by atoms with Crippen molar-refractivity contribution >= 4 is 11.6 Å². The minimum atomic E-state index is -0.214. The van der Waals surface area contributed by atoms with Gasteiger partial charge in [-0.1, -0.05) is 18.7 Å². The molecule has 1 aromatic rings. The largest absolute Gasteiger partial charge is 0.326 e. The molecule has 68 valence electrons. The standard InChI is InChI=1S/C10H12N2O/c1-2-10(13)12-9-5-3-4-8(6-9)7-11/h2-6H,1,7,11H2,(H,12,13). The molecule has 0 radical (unpaired) electrons. The molecule has 1 amide bonds. The summed E-state index contributed by atoms with van der Waals surface area (Å²) >= 11 is 0. The Balaban J connectivity index is 2.77. The fourth-order valence-corrected chi connectivity index (χ4v) is 0.969. The molecule has 0 fully saturated rings. The van der Waals surface area contributed by atoms with Crippen LogP contribution in [0.5, 0.6) is 0 Å². The monoisotopic (exact) mass is 176 g/mol. The second-order valence-corrected chi connectivity index (χ2v) is 2.60. The summed E-state index contributed by atoms with van der Waals surface area (Å²) in [4.78, 5) is 10.9. The lowest BCUT2D eigenvalue weighted by atomic mass is 10.2. The molecule has 0 spiro atoms. The van der Waals surface area contributed by atoms with Gasteiger partial charge in [0, 0.05) is 12.2 Å². The summed E-state index contributed by atoms with van der Waals surface area (Å²) in [5.74, 6) is -0.214. The van der Waals surface area contributed by atoms with Crippen LogP contribution in [0, 0.1) is 0 Å². The van der Waals surface area contributed by atoms with Crippen LogP contribution in [0.3, 0.4) is 0 Å². The fourth-order valence-electron chi connectivity index (χ4n) is 0.969. The SMILES string of the molecule is C=CC(=O)Nc1cccc(CN)c1. The molecule has 3 N–H and O–H groups in total. The van der Waals surface area contributed by atoms with Crippen LogP contribution < -0.4 is 11.1 Å². The summed E-state index contributed by atoms with van der Waals surface area (Å²) in [5.41, 5.74) is 7.18. The van der Waals surface area contributed by atoms with Gasteiger partial charge in [-0.3, -0.25) is 4.79 Å². The van der Waals surface area contributed by atoms with Gasteiger partial charge in [-0.15, -0.1) is 0 Å². The van der Waals surface area contributed by atoms with Crippen LogP contribution >= 0.6 is 0 Å². The first-order chi connectivity index (χ1) is 6.26. The Hall–Kier alpha value is -1.61. The minimum absolute atomic E-state index is 0.214. The number of carbonyl (C=O) groups excluding carboxylic acids is 1. The number of rotatable bonds is 3. The molecule has 0 aliphatic rings. The molecule has 3 nitrogen and oxygen atoms in total. The van der Waals surface area contributed by atoms with Gasteiger partial charge in [0.25, 0.3) is 0 Å². The molecule has 0 aliphatic heterocycles. The number of nitrogens with one attached hydrogen (secondary N) is 1. The van der Waals surface area contributed by atoms with Crippen molar-refractivity contribution in [2.75, 3.05) is 5.32 Å². The highest BCUT2D eigenvalue weighted by molar-refractivity contribution is 5.98. The molecule has 0 saturated heterocycles. The van der Waals surface area contributed by atoms with Gasteiger partial charge < -0.3 is 11.1 Å². The molecule has 0 aromatic heterocycles. The van der Waals surface area contributed by atoms with E-state index in [1.54, 1.807) is 6.07 Å². The van der Waals surface area contributed by atoms with Crippen LogP contribution in [0.15, 0.2) is 36.9 Å². The van der Waals surface area contributed by atoms with E-state index in [9.17, 15) is 4.79 Å². The van der Waals surface area contributed by atoms with Gasteiger partial charge >= 0.3 is 0 Å². The zero-order valence-corrected chi connectivity index (χ0v) is 7.29. The van der Waals surface area contributed by atoms with E-state index in [4.69, 9.17) is 5.73 Å². The van der Waals surface area contributed by atoms with E-state index >= 15 is 0 Å². The molecule has 0 bridgehead atoms. The number of carbonyl (C=O) groups is 1. The molecule has 0 aliphatic carbocycles. The van der Waals surface area contributed by atoms with Gasteiger partial charge in [0.2, 0.25) is 5.91 Å². The highest BCUT2D eigenvalue weighted by Gasteiger charge is 1.96. The summed E-state index contributed by atoms with van der Waals surface area (Å²) in [6.45, 7) is 3.83. The third-order valence-corrected chi connectivity index (χ3v) is 1.62. The van der Waals surface area contributed by atoms with Gasteiger partial charge in [0.1, 0.15) is 0 Å². The van der Waals surface area contributed by atoms with Crippen LogP contribution in [0.2, 0.25) is 0 Å². The smallest absolute Gasteiger partial charge is 0.247 e. The van der Waals surface area contributed by atoms with Crippen LogP contribution in [0.4, 0.5) is 5.69 Å². The Kier molecular flexibility index (Phi) is 3.23. The lowest BCUT2D eigenvalue weighted by Crippen LogP contribution is -2.07. The van der Waals surface area contributed by atoms with Crippen molar-refractivity contribution in [3.05, 3.63) is 42.5 Å². The van der Waals surface area contributed by atoms with E-state index in [1.807, 2.05) is 18.2 Å². The maximum absolute atomic E-state index is 10.9. The van der Waals surface area contributed by atoms with Crippen molar-refractivity contribution < 1.29 is 4.79 Å². The molecular formula is C10H12N2O. The van der Waals surface area contributed by atoms with Gasteiger partial charge in [0.15, 0.2) is 0 Å². The molecular weight excluding hydrogens is 164 g/mol. The summed E-state index contributed by atoms with van der Waals surface area (Å²) in [5, 5.41) is 2.65. The third kappa shape index (κ3) is 2.72. The maximum Gasteiger partial charge on any atom is 0.247 e. The molecule has 3 heteroatoms. The number of hydrogen-bond donors (Lipinski definition) is 2. The first-order valence-electron chi connectivity index (χ1n) is 3.98. The van der Waals surface area contributed by atoms with Crippen molar-refractivity contribution in [1.82, 2.24) is 0 Å². The molecule has 0 heterocycles. The average Bonchev–Trinajstić information content (AvgIpc) is 2.18. The predicted molar refractivity (Wildman–Crippen MR) is 53.2 cm³/mol. The second-order valence-electron chi connectivity index (χ2n) is 2.60. The Morgan fingerprint density at radius 3 is 3.00 bits per heavy atom. The van der Waals surface area contributed by atoms with E-state index in [-0.39, 0.29) is 5.91 Å². The normalized spacial score (nSPS) is 9.31. The van der Waals surface area contributed by atoms with E-state index < -0.39 is 0 Å². The van der Waals surface area contributed by atoms with Crippen LogP contribution in [-0.4, -0.2) is 5.91 Å². The molecule has 0 unspecified atom stereocenters. The number of amides is 1. The van der Waals surface area contributed by atoms with Crippen molar-refractivity contribution in [3.8, 4) is 0 Å². The predicted octanol–water partition coefficient (Wildman–Crippen LogP) is 1.27. The average molecular weight is 176 g/mol. The molecule has 13 heavy (non-hydrogen) atoms. The van der Waals surface area contributed by atoms with Gasteiger partial charge in [0.05, 0.1) is 0 Å². The van der Waals surface area contributed by atoms with Crippen molar-refractivity contribution in [2.45, 2.75) is 6.54 Å². The number of hydrogen-bond acceptors (Lipinski definition) is 2. The quantitative estimate of drug-likeness (QED) is 0.681. The van der Waals surface area contributed by atoms with Gasteiger partial charge in [-0.2, -0.15) is 0 Å². The molecule has 1 rings (SSSR count). The van der Waals surface area contributed by atoms with Crippen molar-refractivity contribution in [3.63, 3.8) is 0 Å². The summed E-state index contributed by atoms with van der Waals surface area (Å²) < 4.78 is 0. The van der Waals surface area contributed by atoms with Crippen molar-refractivity contribution in [1.29, 1.82) is 0 Å². The number of nitrogens with two attached hydrogens (primary N) is 1. The summed E-state index contributed by atoms with van der Waals surface area (Å²) in [6, 6.07) is 7.40. The van der Waals surface area contributed by atoms with E-state index in [1.165, 1.54) is 6.08 Å². The minimum Gasteiger partial charge on any atom is -0.326 e.